The third kappa shape index (κ3) is 5.31. The van der Waals surface area contributed by atoms with Gasteiger partial charge in [0.05, 0.1) is 11.9 Å². The van der Waals surface area contributed by atoms with Gasteiger partial charge in [-0.2, -0.15) is 0 Å². The first-order valence-electron chi connectivity index (χ1n) is 7.09. The van der Waals surface area contributed by atoms with Gasteiger partial charge in [0.15, 0.2) is 10.4 Å². The number of nitrogens with one attached hydrogen (secondary N) is 1. The molecule has 0 aliphatic heterocycles. The van der Waals surface area contributed by atoms with Crippen molar-refractivity contribution in [2.75, 3.05) is 29.2 Å². The summed E-state index contributed by atoms with van der Waals surface area (Å²) in [5.41, 5.74) is 0.505. The number of sulfonamides is 1. The Bertz CT molecular complexity index is 836. The minimum Gasteiger partial charge on any atom is -0.481 e. The summed E-state index contributed by atoms with van der Waals surface area (Å²) in [5, 5.41) is 10.8. The summed E-state index contributed by atoms with van der Waals surface area (Å²) in [7, 11) is -1.86. The molecular weight excluding hydrogens is 384 g/mol. The predicted molar refractivity (Wildman–Crippen MR) is 100 cm³/mol. The SMILES string of the molecule is CSc1nnc(NC(=O)C(C)Oc2ccc(N(C)S(C)(=O)=O)cc2)s1. The molecule has 11 heteroatoms. The summed E-state index contributed by atoms with van der Waals surface area (Å²) >= 11 is 2.73. The van der Waals surface area contributed by atoms with Crippen molar-refractivity contribution in [2.24, 2.45) is 0 Å². The number of rotatable bonds is 7. The Morgan fingerprint density at radius 3 is 2.48 bits per heavy atom. The average Bonchev–Trinajstić information content (AvgIpc) is 3.01. The van der Waals surface area contributed by atoms with Crippen molar-refractivity contribution >= 4 is 49.8 Å². The zero-order valence-corrected chi connectivity index (χ0v) is 16.5. The summed E-state index contributed by atoms with van der Waals surface area (Å²) in [6.07, 6.45) is 2.25. The van der Waals surface area contributed by atoms with Crippen LogP contribution >= 0.6 is 23.1 Å². The second-order valence-electron chi connectivity index (χ2n) is 5.05. The first kappa shape index (κ1) is 19.5. The molecule has 1 aromatic carbocycles. The number of hydrogen-bond donors (Lipinski definition) is 1. The molecule has 0 fully saturated rings. The van der Waals surface area contributed by atoms with E-state index < -0.39 is 16.1 Å². The first-order chi connectivity index (χ1) is 11.7. The van der Waals surface area contributed by atoms with Gasteiger partial charge < -0.3 is 4.74 Å². The van der Waals surface area contributed by atoms with Gasteiger partial charge in [-0.1, -0.05) is 23.1 Å². The zero-order chi connectivity index (χ0) is 18.6. The Morgan fingerprint density at radius 1 is 1.32 bits per heavy atom. The van der Waals surface area contributed by atoms with Gasteiger partial charge >= 0.3 is 0 Å². The fourth-order valence-corrected chi connectivity index (χ4v) is 3.41. The van der Waals surface area contributed by atoms with Crippen LogP contribution < -0.4 is 14.4 Å². The Labute approximate surface area is 154 Å². The number of amides is 1. The molecule has 0 saturated carbocycles. The summed E-state index contributed by atoms with van der Waals surface area (Å²) in [4.78, 5) is 12.1. The van der Waals surface area contributed by atoms with Crippen LogP contribution in [0.2, 0.25) is 0 Å². The maximum absolute atomic E-state index is 12.1. The van der Waals surface area contributed by atoms with Crippen molar-refractivity contribution in [2.45, 2.75) is 17.4 Å². The number of carbonyl (C=O) groups is 1. The Hall–Kier alpha value is -1.85. The number of benzene rings is 1. The molecule has 1 amide bonds. The monoisotopic (exact) mass is 402 g/mol. The van der Waals surface area contributed by atoms with Crippen LogP contribution in [0.1, 0.15) is 6.92 Å². The van der Waals surface area contributed by atoms with E-state index in [1.54, 1.807) is 31.2 Å². The molecule has 2 aromatic rings. The van der Waals surface area contributed by atoms with Crippen LogP contribution in [0, 0.1) is 0 Å². The molecule has 0 bridgehead atoms. The van der Waals surface area contributed by atoms with Gasteiger partial charge in [0.25, 0.3) is 5.91 Å². The number of nitrogens with zero attached hydrogens (tertiary/aromatic N) is 3. The Balaban J connectivity index is 1.97. The van der Waals surface area contributed by atoms with Gasteiger partial charge in [0.1, 0.15) is 5.75 Å². The molecule has 136 valence electrons. The Kier molecular flexibility index (Phi) is 6.25. The average molecular weight is 403 g/mol. The number of thioether (sulfide) groups is 1. The van der Waals surface area contributed by atoms with E-state index in [1.807, 2.05) is 6.26 Å². The number of aromatic nitrogens is 2. The predicted octanol–water partition coefficient (Wildman–Crippen LogP) is 2.06. The standard InChI is InChI=1S/C14H18N4O4S3/c1-9(12(19)15-13-16-17-14(23-3)24-13)22-11-7-5-10(6-8-11)18(2)25(4,20)21/h5-9H,1-4H3,(H,15,16,19). The van der Waals surface area contributed by atoms with E-state index >= 15 is 0 Å². The highest BCUT2D eigenvalue weighted by Gasteiger charge is 2.17. The molecule has 0 spiro atoms. The minimum absolute atomic E-state index is 0.346. The molecule has 1 N–H and O–H groups in total. The van der Waals surface area contributed by atoms with Crippen LogP contribution in [0.15, 0.2) is 28.6 Å². The lowest BCUT2D eigenvalue weighted by atomic mass is 10.3. The van der Waals surface area contributed by atoms with Crippen molar-refractivity contribution in [3.63, 3.8) is 0 Å². The minimum atomic E-state index is -3.33. The lowest BCUT2D eigenvalue weighted by Crippen LogP contribution is -2.30. The fraction of sp³-hybridized carbons (Fsp3) is 0.357. The number of ether oxygens (including phenoxy) is 1. The molecular formula is C14H18N4O4S3. The number of hydrogen-bond acceptors (Lipinski definition) is 8. The van der Waals surface area contributed by atoms with E-state index in [0.29, 0.717) is 16.6 Å². The lowest BCUT2D eigenvalue weighted by molar-refractivity contribution is -0.122. The first-order valence-corrected chi connectivity index (χ1v) is 11.0. The highest BCUT2D eigenvalue weighted by Crippen LogP contribution is 2.24. The van der Waals surface area contributed by atoms with Crippen molar-refractivity contribution in [3.05, 3.63) is 24.3 Å². The van der Waals surface area contributed by atoms with Gasteiger partial charge in [-0.15, -0.1) is 10.2 Å². The molecule has 1 heterocycles. The summed E-state index contributed by atoms with van der Waals surface area (Å²) < 4.78 is 30.5. The van der Waals surface area contributed by atoms with Crippen LogP contribution in [-0.2, 0) is 14.8 Å². The molecule has 1 atom stereocenters. The van der Waals surface area contributed by atoms with Crippen molar-refractivity contribution in [1.29, 1.82) is 0 Å². The van der Waals surface area contributed by atoms with E-state index in [1.165, 1.54) is 30.1 Å². The fourth-order valence-electron chi connectivity index (χ4n) is 1.73. The molecule has 0 aliphatic rings. The number of carbonyl (C=O) groups excluding carboxylic acids is 1. The van der Waals surface area contributed by atoms with Crippen LogP contribution in [0.3, 0.4) is 0 Å². The summed E-state index contributed by atoms with van der Waals surface area (Å²) in [6, 6.07) is 6.43. The van der Waals surface area contributed by atoms with Gasteiger partial charge in [-0.3, -0.25) is 14.4 Å². The number of anilines is 2. The van der Waals surface area contributed by atoms with Crippen molar-refractivity contribution in [3.8, 4) is 5.75 Å². The van der Waals surface area contributed by atoms with E-state index in [-0.39, 0.29) is 5.91 Å². The van der Waals surface area contributed by atoms with Crippen molar-refractivity contribution < 1.29 is 17.9 Å². The Morgan fingerprint density at radius 2 is 1.96 bits per heavy atom. The van der Waals surface area contributed by atoms with Crippen molar-refractivity contribution in [1.82, 2.24) is 10.2 Å². The van der Waals surface area contributed by atoms with Gasteiger partial charge in [-0.05, 0) is 37.4 Å². The van der Waals surface area contributed by atoms with Crippen LogP contribution in [0.4, 0.5) is 10.8 Å². The lowest BCUT2D eigenvalue weighted by Gasteiger charge is -2.18. The van der Waals surface area contributed by atoms with E-state index in [4.69, 9.17) is 4.74 Å². The smallest absolute Gasteiger partial charge is 0.266 e. The van der Waals surface area contributed by atoms with E-state index in [0.717, 1.165) is 14.9 Å². The third-order valence-electron chi connectivity index (χ3n) is 3.19. The zero-order valence-electron chi connectivity index (χ0n) is 14.1. The van der Waals surface area contributed by atoms with Gasteiger partial charge in [0, 0.05) is 7.05 Å². The molecule has 25 heavy (non-hydrogen) atoms. The molecule has 0 saturated heterocycles. The molecule has 2 rings (SSSR count). The van der Waals surface area contributed by atoms with Crippen LogP contribution in [0.5, 0.6) is 5.75 Å². The molecule has 8 nitrogen and oxygen atoms in total. The van der Waals surface area contributed by atoms with Gasteiger partial charge in [-0.25, -0.2) is 8.42 Å². The van der Waals surface area contributed by atoms with Crippen LogP contribution in [0.25, 0.3) is 0 Å². The maximum Gasteiger partial charge on any atom is 0.266 e. The highest BCUT2D eigenvalue weighted by molar-refractivity contribution is 8.00. The topological polar surface area (TPSA) is 101 Å². The second-order valence-corrected chi connectivity index (χ2v) is 9.10. The van der Waals surface area contributed by atoms with Gasteiger partial charge in [0.2, 0.25) is 15.2 Å². The van der Waals surface area contributed by atoms with E-state index in [9.17, 15) is 13.2 Å². The second kappa shape index (κ2) is 8.02. The summed E-state index contributed by atoms with van der Waals surface area (Å²) in [6.45, 7) is 1.61. The molecule has 0 radical (unpaired) electrons. The van der Waals surface area contributed by atoms with E-state index in [2.05, 4.69) is 15.5 Å². The quantitative estimate of drug-likeness (QED) is 0.559. The molecule has 1 unspecified atom stereocenters. The summed E-state index contributed by atoms with van der Waals surface area (Å²) in [5.74, 6) is 0.108. The maximum atomic E-state index is 12.1. The highest BCUT2D eigenvalue weighted by atomic mass is 32.2. The molecule has 0 aliphatic carbocycles. The van der Waals surface area contributed by atoms with Crippen LogP contribution in [-0.4, -0.2) is 50.2 Å². The largest absolute Gasteiger partial charge is 0.481 e. The third-order valence-corrected chi connectivity index (χ3v) is 6.21. The molecule has 1 aromatic heterocycles. The normalized spacial score (nSPS) is 12.5.